The normalized spacial score (nSPS) is 17.1. The van der Waals surface area contributed by atoms with E-state index in [1.165, 1.54) is 0 Å². The van der Waals surface area contributed by atoms with Crippen LogP contribution in [0.2, 0.25) is 0 Å². The molecule has 0 unspecified atom stereocenters. The number of likely N-dealkylation sites (tertiary alicyclic amines) is 1. The zero-order chi connectivity index (χ0) is 29.7. The predicted molar refractivity (Wildman–Crippen MR) is 155 cm³/mol. The summed E-state index contributed by atoms with van der Waals surface area (Å²) in [6.45, 7) is 11.5. The van der Waals surface area contributed by atoms with Crippen molar-refractivity contribution in [3.63, 3.8) is 0 Å². The van der Waals surface area contributed by atoms with Crippen LogP contribution in [-0.2, 0) is 23.8 Å². The third kappa shape index (κ3) is 8.49. The fourth-order valence-corrected chi connectivity index (χ4v) is 5.05. The minimum atomic E-state index is -0.822. The second-order valence-corrected chi connectivity index (χ2v) is 10.5. The monoisotopic (exact) mass is 562 g/mol. The maximum absolute atomic E-state index is 13.4. The average Bonchev–Trinajstić information content (AvgIpc) is 2.95. The molecule has 2 atom stereocenters. The van der Waals surface area contributed by atoms with E-state index < -0.39 is 17.7 Å². The number of rotatable bonds is 18. The number of aryl methyl sites for hydroxylation is 1. The molecular formula is C30H50N4O6. The van der Waals surface area contributed by atoms with Crippen LogP contribution in [0.1, 0.15) is 63.6 Å². The topological polar surface area (TPSA) is 101 Å². The number of urea groups is 1. The van der Waals surface area contributed by atoms with E-state index >= 15 is 0 Å². The molecule has 1 aliphatic heterocycles. The van der Waals surface area contributed by atoms with Crippen LogP contribution in [0.4, 0.5) is 4.79 Å². The van der Waals surface area contributed by atoms with Crippen LogP contribution < -0.4 is 5.32 Å². The first-order valence-corrected chi connectivity index (χ1v) is 14.4. The fourth-order valence-electron chi connectivity index (χ4n) is 5.05. The van der Waals surface area contributed by atoms with Crippen molar-refractivity contribution in [2.45, 2.75) is 65.6 Å². The molecule has 1 saturated heterocycles. The van der Waals surface area contributed by atoms with Crippen molar-refractivity contribution in [1.82, 2.24) is 20.0 Å². The number of imide groups is 1. The first-order chi connectivity index (χ1) is 19.2. The van der Waals surface area contributed by atoms with Gasteiger partial charge in [-0.3, -0.25) is 14.5 Å². The van der Waals surface area contributed by atoms with Crippen molar-refractivity contribution in [3.8, 4) is 0 Å². The van der Waals surface area contributed by atoms with Crippen LogP contribution in [0.15, 0.2) is 24.3 Å². The van der Waals surface area contributed by atoms with E-state index in [0.29, 0.717) is 39.1 Å². The molecule has 1 heterocycles. The number of methoxy groups -OCH3 is 2. The molecule has 1 N–H and O–H groups in total. The lowest BCUT2D eigenvalue weighted by atomic mass is 9.72. The van der Waals surface area contributed by atoms with Gasteiger partial charge in [-0.25, -0.2) is 9.69 Å². The summed E-state index contributed by atoms with van der Waals surface area (Å²) in [5.74, 6) is -0.463. The third-order valence-electron chi connectivity index (χ3n) is 7.95. The maximum atomic E-state index is 13.4. The lowest BCUT2D eigenvalue weighted by Gasteiger charge is -2.53. The molecule has 1 fully saturated rings. The molecule has 1 aromatic carbocycles. The summed E-state index contributed by atoms with van der Waals surface area (Å²) in [4.78, 5) is 44.7. The summed E-state index contributed by atoms with van der Waals surface area (Å²) in [7, 11) is 5.06. The number of nitrogens with one attached hydrogen (secondary N) is 1. The summed E-state index contributed by atoms with van der Waals surface area (Å²) < 4.78 is 16.4. The number of β-lactam (4-membered cyclic amide) rings is 1. The largest absolute Gasteiger partial charge is 0.383 e. The van der Waals surface area contributed by atoms with Gasteiger partial charge in [0.2, 0.25) is 11.8 Å². The fraction of sp³-hybridized carbons (Fsp3) is 0.700. The number of ether oxygens (including phenoxy) is 3. The molecule has 0 saturated carbocycles. The minimum absolute atomic E-state index is 0.206. The van der Waals surface area contributed by atoms with Crippen LogP contribution >= 0.6 is 0 Å². The highest BCUT2D eigenvalue weighted by Gasteiger charge is 2.62. The van der Waals surface area contributed by atoms with Gasteiger partial charge in [-0.15, -0.1) is 0 Å². The Labute approximate surface area is 240 Å². The standard InChI is InChI=1S/C30H50N4O6/c1-8-11-25(24-14-12-23(4)13-15-24)31-29(37)34-27(36)30(9-2,10-3)28(34)40-22-26(35)32(5)16-17-33(18-20-38-6)19-21-39-7/h12-15,25,28H,8-11,16-22H2,1-7H3,(H,31,37)/t25-,28+/m1/s1. The number of nitrogens with zero attached hydrogens (tertiary/aromatic N) is 3. The Morgan fingerprint density at radius 2 is 1.60 bits per heavy atom. The SMILES string of the molecule is CCC[C@@H](NC(=O)N1C(=O)C(CC)(CC)[C@@H]1OCC(=O)N(C)CCN(CCOC)CCOC)c1ccc(C)cc1. The number of hydrogen-bond donors (Lipinski definition) is 1. The molecule has 0 aromatic heterocycles. The summed E-state index contributed by atoms with van der Waals surface area (Å²) in [5.41, 5.74) is 1.31. The van der Waals surface area contributed by atoms with Gasteiger partial charge in [-0.2, -0.15) is 0 Å². The quantitative estimate of drug-likeness (QED) is 0.273. The molecule has 0 radical (unpaired) electrons. The lowest BCUT2D eigenvalue weighted by Crippen LogP contribution is -2.72. The van der Waals surface area contributed by atoms with E-state index in [4.69, 9.17) is 14.2 Å². The van der Waals surface area contributed by atoms with Gasteiger partial charge in [0.25, 0.3) is 0 Å². The van der Waals surface area contributed by atoms with Crippen LogP contribution in [0, 0.1) is 12.3 Å². The molecule has 1 aromatic rings. The summed E-state index contributed by atoms with van der Waals surface area (Å²) in [5, 5.41) is 3.04. The lowest BCUT2D eigenvalue weighted by molar-refractivity contribution is -0.211. The van der Waals surface area contributed by atoms with Crippen molar-refractivity contribution in [1.29, 1.82) is 0 Å². The molecule has 0 bridgehead atoms. The Bertz CT molecular complexity index is 929. The van der Waals surface area contributed by atoms with Crippen molar-refractivity contribution in [2.24, 2.45) is 5.41 Å². The number of benzene rings is 1. The van der Waals surface area contributed by atoms with Crippen molar-refractivity contribution in [2.75, 3.05) is 67.3 Å². The second kappa shape index (κ2) is 16.7. The van der Waals surface area contributed by atoms with Crippen LogP contribution in [0.3, 0.4) is 0 Å². The van der Waals surface area contributed by atoms with Gasteiger partial charge in [-0.1, -0.05) is 57.0 Å². The first kappa shape index (κ1) is 33.7. The summed E-state index contributed by atoms with van der Waals surface area (Å²) in [6.07, 6.45) is 1.85. The van der Waals surface area contributed by atoms with Crippen molar-refractivity contribution >= 4 is 17.8 Å². The van der Waals surface area contributed by atoms with Gasteiger partial charge >= 0.3 is 6.03 Å². The molecule has 0 spiro atoms. The maximum Gasteiger partial charge on any atom is 0.326 e. The van der Waals surface area contributed by atoms with E-state index in [-0.39, 0.29) is 24.5 Å². The van der Waals surface area contributed by atoms with E-state index in [9.17, 15) is 14.4 Å². The van der Waals surface area contributed by atoms with Gasteiger partial charge in [-0.05, 0) is 31.7 Å². The molecule has 2 rings (SSSR count). The van der Waals surface area contributed by atoms with Gasteiger partial charge in [0.1, 0.15) is 6.61 Å². The first-order valence-electron chi connectivity index (χ1n) is 14.4. The molecule has 4 amide bonds. The Kier molecular flexibility index (Phi) is 14.0. The molecule has 40 heavy (non-hydrogen) atoms. The minimum Gasteiger partial charge on any atom is -0.383 e. The van der Waals surface area contributed by atoms with Crippen molar-refractivity contribution in [3.05, 3.63) is 35.4 Å². The Morgan fingerprint density at radius 1 is 1.00 bits per heavy atom. The highest BCUT2D eigenvalue weighted by Crippen LogP contribution is 2.46. The molecule has 0 aliphatic carbocycles. The second-order valence-electron chi connectivity index (χ2n) is 10.5. The highest BCUT2D eigenvalue weighted by molar-refractivity contribution is 6.03. The number of carbonyl (C=O) groups excluding carboxylic acids is 3. The third-order valence-corrected chi connectivity index (χ3v) is 7.95. The number of hydrogen-bond acceptors (Lipinski definition) is 7. The zero-order valence-electron chi connectivity index (χ0n) is 25.5. The summed E-state index contributed by atoms with van der Waals surface area (Å²) in [6, 6.07) is 7.33. The van der Waals surface area contributed by atoms with Gasteiger partial charge < -0.3 is 24.4 Å². The molecule has 226 valence electrons. The smallest absolute Gasteiger partial charge is 0.326 e. The molecule has 10 nitrogen and oxygen atoms in total. The van der Waals surface area contributed by atoms with Gasteiger partial charge in [0, 0.05) is 47.4 Å². The highest BCUT2D eigenvalue weighted by atomic mass is 16.5. The summed E-state index contributed by atoms with van der Waals surface area (Å²) >= 11 is 0. The number of amides is 4. The molecular weight excluding hydrogens is 512 g/mol. The van der Waals surface area contributed by atoms with E-state index in [2.05, 4.69) is 17.1 Å². The Balaban J connectivity index is 2.06. The van der Waals surface area contributed by atoms with Crippen molar-refractivity contribution < 1.29 is 28.6 Å². The van der Waals surface area contributed by atoms with Gasteiger partial charge in [0.15, 0.2) is 6.23 Å². The van der Waals surface area contributed by atoms with E-state index in [1.807, 2.05) is 45.0 Å². The van der Waals surface area contributed by atoms with Crippen LogP contribution in [0.25, 0.3) is 0 Å². The Morgan fingerprint density at radius 3 is 2.12 bits per heavy atom. The molecule has 10 heteroatoms. The van der Waals surface area contributed by atoms with Crippen LogP contribution in [-0.4, -0.2) is 106 Å². The van der Waals surface area contributed by atoms with Gasteiger partial charge in [0.05, 0.1) is 24.7 Å². The number of likely N-dealkylation sites (N-methyl/N-ethyl adjacent to an activating group) is 1. The average molecular weight is 563 g/mol. The zero-order valence-corrected chi connectivity index (χ0v) is 25.5. The Hall–Kier alpha value is -2.53. The number of carbonyl (C=O) groups is 3. The van der Waals surface area contributed by atoms with E-state index in [0.717, 1.165) is 42.0 Å². The predicted octanol–water partition coefficient (Wildman–Crippen LogP) is 3.59. The van der Waals surface area contributed by atoms with E-state index in [1.54, 1.807) is 26.2 Å². The van der Waals surface area contributed by atoms with Crippen LogP contribution in [0.5, 0.6) is 0 Å². The molecule has 1 aliphatic rings.